The molecule has 4 aromatic rings. The van der Waals surface area contributed by atoms with Crippen molar-refractivity contribution in [2.75, 3.05) is 0 Å². The van der Waals surface area contributed by atoms with Gasteiger partial charge in [0, 0.05) is 22.3 Å². The van der Waals surface area contributed by atoms with Crippen LogP contribution < -0.4 is 0 Å². The molecule has 4 heteroatoms. The largest absolute Gasteiger partial charge is 0.151 e. The highest BCUT2D eigenvalue weighted by Gasteiger charge is 2.19. The Balaban J connectivity index is 1.52. The average molecular weight is 527 g/mol. The Morgan fingerprint density at radius 3 is 1.12 bits per heavy atom. The van der Waals surface area contributed by atoms with Gasteiger partial charge in [0.1, 0.15) is 0 Å². The van der Waals surface area contributed by atoms with Gasteiger partial charge in [0.15, 0.2) is 0 Å². The first kappa shape index (κ1) is 25.9. The Bertz CT molecular complexity index is 1020. The number of thiophene rings is 4. The molecule has 4 heterocycles. The van der Waals surface area contributed by atoms with E-state index in [2.05, 4.69) is 56.9 Å². The van der Waals surface area contributed by atoms with Crippen LogP contribution in [0.4, 0.5) is 0 Å². The summed E-state index contributed by atoms with van der Waals surface area (Å²) in [6.07, 6.45) is 15.9. The summed E-state index contributed by atoms with van der Waals surface area (Å²) in [5.74, 6) is 0. The summed E-state index contributed by atoms with van der Waals surface area (Å²) in [5.41, 5.74) is 11.7. The van der Waals surface area contributed by atoms with E-state index in [1.54, 1.807) is 11.1 Å². The van der Waals surface area contributed by atoms with Gasteiger partial charge in [-0.05, 0) is 91.0 Å². The van der Waals surface area contributed by atoms with Crippen LogP contribution in [0.5, 0.6) is 0 Å². The lowest BCUT2D eigenvalue weighted by atomic mass is 9.93. The molecule has 0 bridgehead atoms. The van der Waals surface area contributed by atoms with E-state index in [0.29, 0.717) is 0 Å². The molecule has 0 atom stereocenters. The Hall–Kier alpha value is -1.20. The van der Waals surface area contributed by atoms with Crippen LogP contribution in [0.3, 0.4) is 0 Å². The van der Waals surface area contributed by atoms with Gasteiger partial charge in [0.05, 0.1) is 0 Å². The van der Waals surface area contributed by atoms with Crippen molar-refractivity contribution in [1.29, 1.82) is 0 Å². The van der Waals surface area contributed by atoms with Crippen molar-refractivity contribution in [2.45, 2.75) is 90.9 Å². The summed E-state index contributed by atoms with van der Waals surface area (Å²) in [7, 11) is 0. The second-order valence-corrected chi connectivity index (χ2v) is 12.3. The third-order valence-electron chi connectivity index (χ3n) is 6.78. The number of rotatable bonds is 15. The van der Waals surface area contributed by atoms with E-state index in [9.17, 15) is 0 Å². The van der Waals surface area contributed by atoms with Crippen molar-refractivity contribution in [3.05, 3.63) is 54.2 Å². The van der Waals surface area contributed by atoms with Crippen LogP contribution in [0.1, 0.15) is 89.2 Å². The van der Waals surface area contributed by atoms with Crippen molar-refractivity contribution >= 4 is 45.3 Å². The highest BCUT2D eigenvalue weighted by atomic mass is 32.1. The van der Waals surface area contributed by atoms with Crippen molar-refractivity contribution in [2.24, 2.45) is 0 Å². The highest BCUT2D eigenvalue weighted by Crippen LogP contribution is 2.45. The van der Waals surface area contributed by atoms with Gasteiger partial charge in [0.2, 0.25) is 0 Å². The fraction of sp³-hybridized carbons (Fsp3) is 0.467. The third kappa shape index (κ3) is 6.51. The quantitative estimate of drug-likeness (QED) is 0.135. The Kier molecular flexibility index (Phi) is 10.5. The van der Waals surface area contributed by atoms with Crippen molar-refractivity contribution in [3.8, 4) is 33.4 Å². The standard InChI is InChI=1S/C30H38S4/c1-3-5-7-9-11-13-23-15-31-17-25(23)27-19-33-21-29(27)30-22-34-20-28(30)26-18-32-16-24(26)14-12-10-8-6-4-2/h15-22H,3-14H2,1-2H3. The van der Waals surface area contributed by atoms with Crippen LogP contribution in [-0.2, 0) is 12.8 Å². The fourth-order valence-corrected chi connectivity index (χ4v) is 8.25. The minimum atomic E-state index is 1.21. The fourth-order valence-electron chi connectivity index (χ4n) is 4.77. The zero-order valence-electron chi connectivity index (χ0n) is 20.7. The lowest BCUT2D eigenvalue weighted by Crippen LogP contribution is -1.89. The molecular weight excluding hydrogens is 489 g/mol. The van der Waals surface area contributed by atoms with Gasteiger partial charge in [0.25, 0.3) is 0 Å². The molecule has 0 radical (unpaired) electrons. The SMILES string of the molecule is CCCCCCCc1cscc1-c1cscc1-c1cscc1-c1cscc1CCCCCCC. The van der Waals surface area contributed by atoms with Crippen LogP contribution in [0, 0.1) is 0 Å². The van der Waals surface area contributed by atoms with Gasteiger partial charge in [-0.15, -0.1) is 0 Å². The number of hydrogen-bond acceptors (Lipinski definition) is 4. The van der Waals surface area contributed by atoms with Crippen molar-refractivity contribution in [1.82, 2.24) is 0 Å². The van der Waals surface area contributed by atoms with E-state index >= 15 is 0 Å². The van der Waals surface area contributed by atoms with E-state index in [1.165, 1.54) is 110 Å². The lowest BCUT2D eigenvalue weighted by molar-refractivity contribution is 0.633. The zero-order chi connectivity index (χ0) is 23.6. The highest BCUT2D eigenvalue weighted by molar-refractivity contribution is 7.10. The smallest absolute Gasteiger partial charge is 0.00168 e. The molecule has 4 aromatic heterocycles. The topological polar surface area (TPSA) is 0 Å². The van der Waals surface area contributed by atoms with Crippen LogP contribution in [-0.4, -0.2) is 0 Å². The van der Waals surface area contributed by atoms with Crippen LogP contribution in [0.15, 0.2) is 43.0 Å². The van der Waals surface area contributed by atoms with Gasteiger partial charge >= 0.3 is 0 Å². The van der Waals surface area contributed by atoms with Gasteiger partial charge in [-0.1, -0.05) is 65.2 Å². The molecule has 0 nitrogen and oxygen atoms in total. The molecule has 0 aromatic carbocycles. The summed E-state index contributed by atoms with van der Waals surface area (Å²) in [4.78, 5) is 0. The maximum atomic E-state index is 2.39. The monoisotopic (exact) mass is 526 g/mol. The zero-order valence-corrected chi connectivity index (χ0v) is 24.0. The van der Waals surface area contributed by atoms with E-state index in [1.807, 2.05) is 45.3 Å². The van der Waals surface area contributed by atoms with E-state index < -0.39 is 0 Å². The molecule has 0 spiro atoms. The van der Waals surface area contributed by atoms with Crippen LogP contribution in [0.2, 0.25) is 0 Å². The predicted octanol–water partition coefficient (Wildman–Crippen LogP) is 12.0. The number of aryl methyl sites for hydroxylation is 2. The van der Waals surface area contributed by atoms with E-state index in [-0.39, 0.29) is 0 Å². The second kappa shape index (κ2) is 13.8. The first-order chi connectivity index (χ1) is 16.8. The predicted molar refractivity (Wildman–Crippen MR) is 159 cm³/mol. The molecule has 0 aliphatic heterocycles. The molecule has 4 rings (SSSR count). The summed E-state index contributed by atoms with van der Waals surface area (Å²) in [6, 6.07) is 0. The minimum absolute atomic E-state index is 1.21. The second-order valence-electron chi connectivity index (χ2n) is 9.35. The van der Waals surface area contributed by atoms with Crippen molar-refractivity contribution in [3.63, 3.8) is 0 Å². The Morgan fingerprint density at radius 1 is 0.382 bits per heavy atom. The average Bonchev–Trinajstić information content (AvgIpc) is 3.64. The molecular formula is C30H38S4. The molecule has 0 aliphatic carbocycles. The summed E-state index contributed by atoms with van der Waals surface area (Å²) < 4.78 is 0. The number of hydrogen-bond donors (Lipinski definition) is 0. The van der Waals surface area contributed by atoms with Gasteiger partial charge in [-0.2, -0.15) is 45.3 Å². The first-order valence-electron chi connectivity index (χ1n) is 13.1. The molecule has 0 amide bonds. The minimum Gasteiger partial charge on any atom is -0.151 e. The van der Waals surface area contributed by atoms with Gasteiger partial charge in [-0.3, -0.25) is 0 Å². The lowest BCUT2D eigenvalue weighted by Gasteiger charge is -2.09. The molecule has 0 saturated heterocycles. The molecule has 0 aliphatic rings. The Labute approximate surface area is 222 Å². The van der Waals surface area contributed by atoms with Crippen LogP contribution >= 0.6 is 45.3 Å². The van der Waals surface area contributed by atoms with E-state index in [4.69, 9.17) is 0 Å². The molecule has 0 saturated carbocycles. The maximum Gasteiger partial charge on any atom is 0.00168 e. The molecule has 0 fully saturated rings. The molecule has 182 valence electrons. The summed E-state index contributed by atoms with van der Waals surface area (Å²) in [6.45, 7) is 4.58. The molecule has 34 heavy (non-hydrogen) atoms. The van der Waals surface area contributed by atoms with Crippen molar-refractivity contribution < 1.29 is 0 Å². The van der Waals surface area contributed by atoms with Gasteiger partial charge in [-0.25, -0.2) is 0 Å². The van der Waals surface area contributed by atoms with E-state index in [0.717, 1.165) is 0 Å². The van der Waals surface area contributed by atoms with Crippen LogP contribution in [0.25, 0.3) is 33.4 Å². The first-order valence-corrected chi connectivity index (χ1v) is 16.8. The summed E-state index contributed by atoms with van der Waals surface area (Å²) in [5, 5.41) is 19.0. The molecule has 0 unspecified atom stereocenters. The number of unbranched alkanes of at least 4 members (excludes halogenated alkanes) is 8. The summed E-state index contributed by atoms with van der Waals surface area (Å²) >= 11 is 7.43. The molecule has 0 N–H and O–H groups in total. The maximum absolute atomic E-state index is 2.39. The Morgan fingerprint density at radius 2 is 0.706 bits per heavy atom. The van der Waals surface area contributed by atoms with Gasteiger partial charge < -0.3 is 0 Å². The normalized spacial score (nSPS) is 11.5. The third-order valence-corrected chi connectivity index (χ3v) is 9.85.